The highest BCUT2D eigenvalue weighted by Gasteiger charge is 2.15. The van der Waals surface area contributed by atoms with Crippen LogP contribution in [-0.2, 0) is 4.74 Å². The minimum absolute atomic E-state index is 0.170. The number of hydrogen-bond acceptors (Lipinski definition) is 4. The van der Waals surface area contributed by atoms with E-state index in [1.165, 1.54) is 6.26 Å². The fourth-order valence-electron chi connectivity index (χ4n) is 1.25. The van der Waals surface area contributed by atoms with Gasteiger partial charge in [0.25, 0.3) is 5.91 Å². The van der Waals surface area contributed by atoms with Crippen molar-refractivity contribution in [3.05, 3.63) is 23.7 Å². The van der Waals surface area contributed by atoms with Crippen LogP contribution in [0, 0.1) is 6.92 Å². The van der Waals surface area contributed by atoms with E-state index in [-0.39, 0.29) is 11.9 Å². The molecule has 0 aliphatic rings. The minimum atomic E-state index is -0.186. The molecule has 1 atom stereocenters. The zero-order valence-electron chi connectivity index (χ0n) is 8.95. The van der Waals surface area contributed by atoms with Crippen molar-refractivity contribution in [2.75, 3.05) is 20.3 Å². The summed E-state index contributed by atoms with van der Waals surface area (Å²) in [5, 5.41) is 2.76. The van der Waals surface area contributed by atoms with Crippen LogP contribution in [-0.4, -0.2) is 32.2 Å². The summed E-state index contributed by atoms with van der Waals surface area (Å²) in [6.45, 7) is 2.48. The average Bonchev–Trinajstić information content (AvgIpc) is 2.63. The van der Waals surface area contributed by atoms with Gasteiger partial charge in [-0.15, -0.1) is 0 Å². The van der Waals surface area contributed by atoms with E-state index in [1.807, 2.05) is 0 Å². The maximum atomic E-state index is 11.7. The van der Waals surface area contributed by atoms with Crippen molar-refractivity contribution in [2.45, 2.75) is 13.0 Å². The number of methoxy groups -OCH3 is 1. The van der Waals surface area contributed by atoms with Crippen LogP contribution in [0.5, 0.6) is 0 Å². The standard InChI is InChI=1S/C10H16N2O3/c1-7-9(3-4-15-7)10(13)12-8(5-11)6-14-2/h3-4,8H,5-6,11H2,1-2H3,(H,12,13). The largest absolute Gasteiger partial charge is 0.469 e. The second-order valence-electron chi connectivity index (χ2n) is 3.25. The molecule has 0 aliphatic heterocycles. The summed E-state index contributed by atoms with van der Waals surface area (Å²) in [5.41, 5.74) is 6.01. The normalized spacial score (nSPS) is 12.5. The lowest BCUT2D eigenvalue weighted by molar-refractivity contribution is 0.0899. The zero-order valence-corrected chi connectivity index (χ0v) is 8.95. The van der Waals surface area contributed by atoms with Gasteiger partial charge in [0.2, 0.25) is 0 Å². The van der Waals surface area contributed by atoms with Gasteiger partial charge in [0.15, 0.2) is 0 Å². The van der Waals surface area contributed by atoms with Crippen molar-refractivity contribution < 1.29 is 13.9 Å². The maximum absolute atomic E-state index is 11.7. The van der Waals surface area contributed by atoms with Crippen LogP contribution in [0.2, 0.25) is 0 Å². The molecule has 1 aromatic heterocycles. The van der Waals surface area contributed by atoms with Gasteiger partial charge in [0, 0.05) is 13.7 Å². The Morgan fingerprint density at radius 2 is 2.47 bits per heavy atom. The molecular weight excluding hydrogens is 196 g/mol. The Bertz CT molecular complexity index is 322. The third kappa shape index (κ3) is 3.07. The number of nitrogens with two attached hydrogens (primary N) is 1. The van der Waals surface area contributed by atoms with E-state index in [2.05, 4.69) is 5.32 Å². The number of carbonyl (C=O) groups excluding carboxylic acids is 1. The Balaban J connectivity index is 2.58. The predicted octanol–water partition coefficient (Wildman–Crippen LogP) is 0.292. The molecule has 15 heavy (non-hydrogen) atoms. The van der Waals surface area contributed by atoms with Gasteiger partial charge in [-0.05, 0) is 13.0 Å². The second kappa shape index (κ2) is 5.53. The van der Waals surface area contributed by atoms with E-state index in [0.29, 0.717) is 24.5 Å². The van der Waals surface area contributed by atoms with Gasteiger partial charge in [0.05, 0.1) is 24.5 Å². The predicted molar refractivity (Wildman–Crippen MR) is 55.6 cm³/mol. The second-order valence-corrected chi connectivity index (χ2v) is 3.25. The molecule has 5 nitrogen and oxygen atoms in total. The molecule has 5 heteroatoms. The summed E-state index contributed by atoms with van der Waals surface area (Å²) in [4.78, 5) is 11.7. The molecule has 3 N–H and O–H groups in total. The van der Waals surface area contributed by atoms with Gasteiger partial charge in [0.1, 0.15) is 5.76 Å². The lowest BCUT2D eigenvalue weighted by atomic mass is 10.2. The van der Waals surface area contributed by atoms with E-state index in [1.54, 1.807) is 20.1 Å². The quantitative estimate of drug-likeness (QED) is 0.735. The molecule has 0 aromatic carbocycles. The summed E-state index contributed by atoms with van der Waals surface area (Å²) in [5.74, 6) is 0.412. The molecule has 0 radical (unpaired) electrons. The van der Waals surface area contributed by atoms with Crippen molar-refractivity contribution in [3.8, 4) is 0 Å². The van der Waals surface area contributed by atoms with Crippen LogP contribution < -0.4 is 11.1 Å². The first-order chi connectivity index (χ1) is 7.19. The zero-order chi connectivity index (χ0) is 11.3. The molecule has 0 saturated carbocycles. The summed E-state index contributed by atoms with van der Waals surface area (Å²) in [6, 6.07) is 1.46. The first-order valence-corrected chi connectivity index (χ1v) is 4.73. The van der Waals surface area contributed by atoms with Crippen LogP contribution in [0.1, 0.15) is 16.1 Å². The summed E-state index contributed by atoms with van der Waals surface area (Å²) in [7, 11) is 1.57. The first-order valence-electron chi connectivity index (χ1n) is 4.73. The number of rotatable bonds is 5. The average molecular weight is 212 g/mol. The number of furan rings is 1. The van der Waals surface area contributed by atoms with Gasteiger partial charge < -0.3 is 20.2 Å². The van der Waals surface area contributed by atoms with Crippen molar-refractivity contribution in [3.63, 3.8) is 0 Å². The third-order valence-corrected chi connectivity index (χ3v) is 2.09. The summed E-state index contributed by atoms with van der Waals surface area (Å²) in [6.07, 6.45) is 1.48. The molecule has 84 valence electrons. The fraction of sp³-hybridized carbons (Fsp3) is 0.500. The Hall–Kier alpha value is -1.33. The molecular formula is C10H16N2O3. The van der Waals surface area contributed by atoms with Crippen molar-refractivity contribution >= 4 is 5.91 Å². The Morgan fingerprint density at radius 3 is 2.93 bits per heavy atom. The lowest BCUT2D eigenvalue weighted by Gasteiger charge is -2.15. The van der Waals surface area contributed by atoms with E-state index >= 15 is 0 Å². The molecule has 1 aromatic rings. The molecule has 1 heterocycles. The third-order valence-electron chi connectivity index (χ3n) is 2.09. The summed E-state index contributed by atoms with van der Waals surface area (Å²) >= 11 is 0. The maximum Gasteiger partial charge on any atom is 0.255 e. The minimum Gasteiger partial charge on any atom is -0.469 e. The highest BCUT2D eigenvalue weighted by Crippen LogP contribution is 2.08. The van der Waals surface area contributed by atoms with Gasteiger partial charge >= 0.3 is 0 Å². The highest BCUT2D eigenvalue weighted by atomic mass is 16.5. The van der Waals surface area contributed by atoms with Gasteiger partial charge in [-0.25, -0.2) is 0 Å². The number of carbonyl (C=O) groups is 1. The SMILES string of the molecule is COCC(CN)NC(=O)c1ccoc1C. The topological polar surface area (TPSA) is 77.5 Å². The number of amides is 1. The van der Waals surface area contributed by atoms with E-state index in [9.17, 15) is 4.79 Å². The monoisotopic (exact) mass is 212 g/mol. The first kappa shape index (κ1) is 11.7. The number of nitrogens with one attached hydrogen (secondary N) is 1. The summed E-state index contributed by atoms with van der Waals surface area (Å²) < 4.78 is 9.96. The highest BCUT2D eigenvalue weighted by molar-refractivity contribution is 5.95. The van der Waals surface area contributed by atoms with Crippen LogP contribution >= 0.6 is 0 Å². The van der Waals surface area contributed by atoms with Crippen LogP contribution in [0.15, 0.2) is 16.7 Å². The van der Waals surface area contributed by atoms with Gasteiger partial charge in [-0.1, -0.05) is 0 Å². The van der Waals surface area contributed by atoms with E-state index in [0.717, 1.165) is 0 Å². The molecule has 0 fully saturated rings. The van der Waals surface area contributed by atoms with Gasteiger partial charge in [-0.3, -0.25) is 4.79 Å². The van der Waals surface area contributed by atoms with E-state index in [4.69, 9.17) is 14.9 Å². The van der Waals surface area contributed by atoms with Crippen molar-refractivity contribution in [1.82, 2.24) is 5.32 Å². The molecule has 0 saturated heterocycles. The smallest absolute Gasteiger partial charge is 0.255 e. The molecule has 1 rings (SSSR count). The van der Waals surface area contributed by atoms with Crippen LogP contribution in [0.4, 0.5) is 0 Å². The van der Waals surface area contributed by atoms with Crippen molar-refractivity contribution in [2.24, 2.45) is 5.73 Å². The molecule has 1 unspecified atom stereocenters. The number of aryl methyl sites for hydroxylation is 1. The lowest BCUT2D eigenvalue weighted by Crippen LogP contribution is -2.43. The van der Waals surface area contributed by atoms with Crippen LogP contribution in [0.3, 0.4) is 0 Å². The van der Waals surface area contributed by atoms with Crippen LogP contribution in [0.25, 0.3) is 0 Å². The number of hydrogen-bond donors (Lipinski definition) is 2. The Kier molecular flexibility index (Phi) is 4.33. The molecule has 1 amide bonds. The Morgan fingerprint density at radius 1 is 1.73 bits per heavy atom. The fourth-order valence-corrected chi connectivity index (χ4v) is 1.25. The molecule has 0 aliphatic carbocycles. The molecule has 0 spiro atoms. The van der Waals surface area contributed by atoms with Crippen molar-refractivity contribution in [1.29, 1.82) is 0 Å². The van der Waals surface area contributed by atoms with E-state index < -0.39 is 0 Å². The number of ether oxygens (including phenoxy) is 1. The molecule has 0 bridgehead atoms. The van der Waals surface area contributed by atoms with Gasteiger partial charge in [-0.2, -0.15) is 0 Å². The Labute approximate surface area is 88.6 Å².